The summed E-state index contributed by atoms with van der Waals surface area (Å²) in [7, 11) is 0. The average molecular weight is 653 g/mol. The zero-order valence-corrected chi connectivity index (χ0v) is 27.5. The SMILES string of the molecule is CC(C1=[C]([Zr+2][C]2=C(C(C)(c3ccccc3)c3ccccc3)C=CC2)CC=C1)(c1ccccc1)c1ccccc1.[Cl-].[Cl-]. The fourth-order valence-corrected chi connectivity index (χ4v) is 10.7. The predicted molar refractivity (Wildman–Crippen MR) is 160 cm³/mol. The molecule has 0 radical (unpaired) electrons. The molecule has 3 heteroatoms. The Hall–Kier alpha value is -2.70. The van der Waals surface area contributed by atoms with Crippen LogP contribution in [0, 0.1) is 0 Å². The Morgan fingerprint density at radius 3 is 0.976 bits per heavy atom. The Balaban J connectivity index is 0.00000194. The van der Waals surface area contributed by atoms with Crippen LogP contribution in [0.3, 0.4) is 0 Å². The molecule has 0 N–H and O–H groups in total. The van der Waals surface area contributed by atoms with E-state index in [-0.39, 0.29) is 35.6 Å². The van der Waals surface area contributed by atoms with E-state index in [1.54, 1.807) is 6.56 Å². The Morgan fingerprint density at radius 2 is 0.707 bits per heavy atom. The Labute approximate surface area is 269 Å². The second-order valence-corrected chi connectivity index (χ2v) is 14.4. The molecule has 0 unspecified atom stereocenters. The van der Waals surface area contributed by atoms with Gasteiger partial charge in [-0.2, -0.15) is 0 Å². The number of halogens is 2. The topological polar surface area (TPSA) is 0 Å². The van der Waals surface area contributed by atoms with Crippen LogP contribution in [0.2, 0.25) is 0 Å². The van der Waals surface area contributed by atoms with Crippen molar-refractivity contribution in [3.8, 4) is 0 Å². The van der Waals surface area contributed by atoms with E-state index in [9.17, 15) is 0 Å². The fraction of sp³-hybridized carbons (Fsp3) is 0.158. The van der Waals surface area contributed by atoms with E-state index in [0.29, 0.717) is 0 Å². The molecule has 6 rings (SSSR count). The van der Waals surface area contributed by atoms with Gasteiger partial charge in [0.15, 0.2) is 0 Å². The monoisotopic (exact) mass is 650 g/mol. The molecule has 204 valence electrons. The summed E-state index contributed by atoms with van der Waals surface area (Å²) in [4.78, 5) is 0. The number of allylic oxidation sites excluding steroid dienone is 8. The van der Waals surface area contributed by atoms with Crippen molar-refractivity contribution in [2.24, 2.45) is 0 Å². The van der Waals surface area contributed by atoms with Gasteiger partial charge in [0.1, 0.15) is 0 Å². The van der Waals surface area contributed by atoms with Crippen LogP contribution in [0.5, 0.6) is 0 Å². The molecule has 0 aromatic heterocycles. The van der Waals surface area contributed by atoms with Gasteiger partial charge < -0.3 is 24.8 Å². The van der Waals surface area contributed by atoms with Crippen LogP contribution in [-0.2, 0) is 34.1 Å². The Morgan fingerprint density at radius 1 is 0.439 bits per heavy atom. The largest absolute Gasteiger partial charge is 1.00 e. The van der Waals surface area contributed by atoms with Gasteiger partial charge >= 0.3 is 246 Å². The molecule has 2 aliphatic carbocycles. The molecule has 4 aromatic carbocycles. The van der Waals surface area contributed by atoms with Crippen molar-refractivity contribution >= 4 is 0 Å². The first-order valence-corrected chi connectivity index (χ1v) is 16.4. The summed E-state index contributed by atoms with van der Waals surface area (Å²) in [5.41, 5.74) is 8.18. The number of hydrogen-bond acceptors (Lipinski definition) is 0. The van der Waals surface area contributed by atoms with Crippen molar-refractivity contribution in [3.05, 3.63) is 186 Å². The molecule has 0 heterocycles. The zero-order chi connectivity index (χ0) is 26.7. The summed E-state index contributed by atoms with van der Waals surface area (Å²) < 4.78 is 3.40. The number of hydrogen-bond donors (Lipinski definition) is 0. The van der Waals surface area contributed by atoms with Crippen molar-refractivity contribution in [2.45, 2.75) is 37.5 Å². The summed E-state index contributed by atoms with van der Waals surface area (Å²) in [6.07, 6.45) is 11.9. The summed E-state index contributed by atoms with van der Waals surface area (Å²) in [6, 6.07) is 44.4. The van der Waals surface area contributed by atoms with Gasteiger partial charge in [-0.15, -0.1) is 0 Å². The molecular weight excluding hydrogens is 619 g/mol. The first-order valence-electron chi connectivity index (χ1n) is 13.9. The molecule has 2 aliphatic rings. The molecule has 0 bridgehead atoms. The van der Waals surface area contributed by atoms with Crippen LogP contribution in [0.4, 0.5) is 0 Å². The molecule has 0 saturated carbocycles. The van der Waals surface area contributed by atoms with Crippen LogP contribution in [0.1, 0.15) is 48.9 Å². The van der Waals surface area contributed by atoms with Gasteiger partial charge in [-0.05, 0) is 0 Å². The standard InChI is InChI=1S/2C19H17.2ClH.Zr/c2*1-19(18-14-8-9-15-18,16-10-4-2-5-11-16)17-12-6-3-7-13-17;;;/h2*2-8,10-14H,9H2,1H3;2*1H;/q;;;;+2/p-2. The minimum atomic E-state index is -1.05. The normalized spacial score (nSPS) is 14.5. The van der Waals surface area contributed by atoms with E-state index in [0.717, 1.165) is 12.8 Å². The summed E-state index contributed by atoms with van der Waals surface area (Å²) in [5, 5.41) is 0. The van der Waals surface area contributed by atoms with E-state index in [2.05, 4.69) is 159 Å². The number of benzene rings is 4. The van der Waals surface area contributed by atoms with Crippen molar-refractivity contribution in [2.75, 3.05) is 0 Å². The van der Waals surface area contributed by atoms with Gasteiger partial charge in [0.05, 0.1) is 0 Å². The molecule has 0 fully saturated rings. The zero-order valence-electron chi connectivity index (χ0n) is 23.5. The van der Waals surface area contributed by atoms with E-state index < -0.39 is 23.2 Å². The molecule has 4 aromatic rings. The Bertz CT molecular complexity index is 1370. The van der Waals surface area contributed by atoms with Crippen LogP contribution in [-0.4, -0.2) is 0 Å². The molecule has 0 amide bonds. The van der Waals surface area contributed by atoms with Gasteiger partial charge in [-0.1, -0.05) is 0 Å². The van der Waals surface area contributed by atoms with Gasteiger partial charge in [-0.3, -0.25) is 0 Å². The molecule has 0 spiro atoms. The smallest absolute Gasteiger partial charge is 1.00 e. The quantitative estimate of drug-likeness (QED) is 0.274. The first-order chi connectivity index (χ1) is 19.1. The third-order valence-corrected chi connectivity index (χ3v) is 12.5. The van der Waals surface area contributed by atoms with Crippen molar-refractivity contribution < 1.29 is 48.0 Å². The third kappa shape index (κ3) is 5.83. The van der Waals surface area contributed by atoms with Gasteiger partial charge in [0.25, 0.3) is 0 Å². The summed E-state index contributed by atoms with van der Waals surface area (Å²) in [6.45, 7) is 4.87. The van der Waals surface area contributed by atoms with E-state index >= 15 is 0 Å². The van der Waals surface area contributed by atoms with Gasteiger partial charge in [0.2, 0.25) is 0 Å². The second kappa shape index (κ2) is 13.5. The van der Waals surface area contributed by atoms with E-state index in [1.807, 2.05) is 0 Å². The second-order valence-electron chi connectivity index (χ2n) is 10.8. The fourth-order valence-electron chi connectivity index (χ4n) is 6.41. The minimum absolute atomic E-state index is 0. The molecule has 0 nitrogen and oxygen atoms in total. The van der Waals surface area contributed by atoms with Gasteiger partial charge in [0, 0.05) is 0 Å². The van der Waals surface area contributed by atoms with Crippen molar-refractivity contribution in [3.63, 3.8) is 0 Å². The van der Waals surface area contributed by atoms with Crippen molar-refractivity contribution in [1.29, 1.82) is 0 Å². The molecule has 41 heavy (non-hydrogen) atoms. The third-order valence-electron chi connectivity index (χ3n) is 8.65. The molecule has 0 aliphatic heterocycles. The molecular formula is C38H34Cl2Zr. The first kappa shape index (κ1) is 31.2. The summed E-state index contributed by atoms with van der Waals surface area (Å²) >= 11 is -1.05. The molecule has 0 atom stereocenters. The van der Waals surface area contributed by atoms with Crippen LogP contribution in [0.15, 0.2) is 163 Å². The van der Waals surface area contributed by atoms with E-state index in [4.69, 9.17) is 0 Å². The number of rotatable bonds is 8. The van der Waals surface area contributed by atoms with Gasteiger partial charge in [-0.25, -0.2) is 0 Å². The Kier molecular flexibility index (Phi) is 10.3. The maximum Gasteiger partial charge on any atom is -1.00 e. The van der Waals surface area contributed by atoms with Crippen molar-refractivity contribution in [1.82, 2.24) is 0 Å². The molecule has 0 saturated heterocycles. The minimum Gasteiger partial charge on any atom is -1.00 e. The maximum atomic E-state index is 2.44. The maximum absolute atomic E-state index is 2.44. The summed E-state index contributed by atoms with van der Waals surface area (Å²) in [5.74, 6) is 0. The van der Waals surface area contributed by atoms with Crippen LogP contribution >= 0.6 is 0 Å². The average Bonchev–Trinajstić information content (AvgIpc) is 3.69. The predicted octanol–water partition coefficient (Wildman–Crippen LogP) is 3.52. The van der Waals surface area contributed by atoms with Crippen LogP contribution in [0.25, 0.3) is 0 Å². The van der Waals surface area contributed by atoms with E-state index in [1.165, 1.54) is 33.4 Å². The van der Waals surface area contributed by atoms with Crippen LogP contribution < -0.4 is 24.8 Å².